The average molecular weight is 185 g/mol. The molecule has 1 N–H and O–H groups in total. The van der Waals surface area contributed by atoms with E-state index >= 15 is 0 Å². The number of hydrogen-bond donors (Lipinski definition) is 1. The molecule has 1 amide bonds. The molecule has 3 heteroatoms. The molecule has 0 aromatic rings. The van der Waals surface area contributed by atoms with Crippen molar-refractivity contribution >= 4 is 5.91 Å². The van der Waals surface area contributed by atoms with Crippen molar-refractivity contribution in [3.8, 4) is 0 Å². The lowest BCUT2D eigenvalue weighted by atomic mass is 10.0. The molecular formula is C10H19NO2. The SMILES string of the molecule is CCCC(=O)N1CCC(O)CC1C. The van der Waals surface area contributed by atoms with Crippen molar-refractivity contribution in [3.63, 3.8) is 0 Å². The second-order valence-electron chi connectivity index (χ2n) is 3.86. The van der Waals surface area contributed by atoms with Crippen LogP contribution in [-0.4, -0.2) is 34.6 Å². The summed E-state index contributed by atoms with van der Waals surface area (Å²) in [6, 6.07) is 0.211. The van der Waals surface area contributed by atoms with Gasteiger partial charge >= 0.3 is 0 Å². The van der Waals surface area contributed by atoms with Crippen molar-refractivity contribution in [2.75, 3.05) is 6.54 Å². The number of piperidine rings is 1. The number of carbonyl (C=O) groups excluding carboxylic acids is 1. The highest BCUT2D eigenvalue weighted by Gasteiger charge is 2.26. The predicted octanol–water partition coefficient (Wildman–Crippen LogP) is 1.16. The lowest BCUT2D eigenvalue weighted by Gasteiger charge is -2.35. The van der Waals surface area contributed by atoms with Gasteiger partial charge in [0.25, 0.3) is 0 Å². The first kappa shape index (κ1) is 10.5. The van der Waals surface area contributed by atoms with Gasteiger partial charge in [-0.05, 0) is 26.2 Å². The summed E-state index contributed by atoms with van der Waals surface area (Å²) >= 11 is 0. The third-order valence-corrected chi connectivity index (χ3v) is 2.63. The first-order valence-corrected chi connectivity index (χ1v) is 5.12. The van der Waals surface area contributed by atoms with Gasteiger partial charge in [-0.3, -0.25) is 4.79 Å². The Labute approximate surface area is 79.7 Å². The Kier molecular flexibility index (Phi) is 3.72. The maximum Gasteiger partial charge on any atom is 0.222 e. The fraction of sp³-hybridized carbons (Fsp3) is 0.900. The topological polar surface area (TPSA) is 40.5 Å². The second-order valence-corrected chi connectivity index (χ2v) is 3.86. The molecule has 0 aromatic carbocycles. The Morgan fingerprint density at radius 3 is 2.85 bits per heavy atom. The van der Waals surface area contributed by atoms with E-state index in [9.17, 15) is 9.90 Å². The highest BCUT2D eigenvalue weighted by atomic mass is 16.3. The third-order valence-electron chi connectivity index (χ3n) is 2.63. The molecule has 1 rings (SSSR count). The van der Waals surface area contributed by atoms with Crippen molar-refractivity contribution in [2.45, 2.75) is 51.7 Å². The molecule has 1 aliphatic heterocycles. The van der Waals surface area contributed by atoms with Crippen molar-refractivity contribution in [1.82, 2.24) is 4.90 Å². The van der Waals surface area contributed by atoms with Crippen molar-refractivity contribution < 1.29 is 9.90 Å². The third kappa shape index (κ3) is 2.69. The van der Waals surface area contributed by atoms with E-state index in [1.54, 1.807) is 0 Å². The monoisotopic (exact) mass is 185 g/mol. The molecule has 1 aliphatic rings. The maximum absolute atomic E-state index is 11.6. The van der Waals surface area contributed by atoms with Crippen LogP contribution in [0, 0.1) is 0 Å². The van der Waals surface area contributed by atoms with E-state index in [1.165, 1.54) is 0 Å². The van der Waals surface area contributed by atoms with Gasteiger partial charge in [0.1, 0.15) is 0 Å². The van der Waals surface area contributed by atoms with E-state index in [0.29, 0.717) is 6.42 Å². The summed E-state index contributed by atoms with van der Waals surface area (Å²) in [6.45, 7) is 4.75. The number of aliphatic hydroxyl groups excluding tert-OH is 1. The molecule has 0 radical (unpaired) electrons. The van der Waals surface area contributed by atoms with E-state index in [-0.39, 0.29) is 18.1 Å². The summed E-state index contributed by atoms with van der Waals surface area (Å²) in [5.41, 5.74) is 0. The Balaban J connectivity index is 2.45. The van der Waals surface area contributed by atoms with Gasteiger partial charge in [-0.25, -0.2) is 0 Å². The molecule has 1 saturated heterocycles. The van der Waals surface area contributed by atoms with Gasteiger partial charge in [-0.15, -0.1) is 0 Å². The van der Waals surface area contributed by atoms with E-state index < -0.39 is 0 Å². The van der Waals surface area contributed by atoms with E-state index in [0.717, 1.165) is 25.8 Å². The first-order valence-electron chi connectivity index (χ1n) is 5.12. The van der Waals surface area contributed by atoms with Gasteiger partial charge in [-0.1, -0.05) is 6.92 Å². The number of hydrogen-bond acceptors (Lipinski definition) is 2. The Hall–Kier alpha value is -0.570. The molecule has 0 saturated carbocycles. The van der Waals surface area contributed by atoms with Gasteiger partial charge < -0.3 is 10.0 Å². The van der Waals surface area contributed by atoms with Crippen LogP contribution in [0.2, 0.25) is 0 Å². The predicted molar refractivity (Wildman–Crippen MR) is 51.3 cm³/mol. The van der Waals surface area contributed by atoms with Crippen LogP contribution in [0.1, 0.15) is 39.5 Å². The van der Waals surface area contributed by atoms with Crippen LogP contribution < -0.4 is 0 Å². The molecule has 2 atom stereocenters. The summed E-state index contributed by atoms with van der Waals surface area (Å²) in [4.78, 5) is 13.5. The number of amides is 1. The Bertz CT molecular complexity index is 182. The molecule has 13 heavy (non-hydrogen) atoms. The Morgan fingerprint density at radius 2 is 2.31 bits per heavy atom. The molecule has 0 aromatic heterocycles. The molecule has 0 bridgehead atoms. The number of aliphatic hydroxyl groups is 1. The second kappa shape index (κ2) is 4.61. The van der Waals surface area contributed by atoms with Crippen LogP contribution in [-0.2, 0) is 4.79 Å². The van der Waals surface area contributed by atoms with Crippen molar-refractivity contribution in [2.24, 2.45) is 0 Å². The van der Waals surface area contributed by atoms with Crippen LogP contribution in [0.5, 0.6) is 0 Å². The van der Waals surface area contributed by atoms with E-state index in [4.69, 9.17) is 0 Å². The molecule has 76 valence electrons. The van der Waals surface area contributed by atoms with E-state index in [1.807, 2.05) is 18.7 Å². The number of carbonyl (C=O) groups is 1. The van der Waals surface area contributed by atoms with Crippen LogP contribution >= 0.6 is 0 Å². The van der Waals surface area contributed by atoms with Crippen LogP contribution in [0.4, 0.5) is 0 Å². The van der Waals surface area contributed by atoms with Crippen LogP contribution in [0.25, 0.3) is 0 Å². The van der Waals surface area contributed by atoms with E-state index in [2.05, 4.69) is 0 Å². The standard InChI is InChI=1S/C10H19NO2/c1-3-4-10(13)11-6-5-9(12)7-8(11)2/h8-9,12H,3-7H2,1-2H3. The highest BCUT2D eigenvalue weighted by Crippen LogP contribution is 2.18. The lowest BCUT2D eigenvalue weighted by Crippen LogP contribution is -2.45. The van der Waals surface area contributed by atoms with Crippen LogP contribution in [0.15, 0.2) is 0 Å². The fourth-order valence-corrected chi connectivity index (χ4v) is 1.88. The Morgan fingerprint density at radius 1 is 1.62 bits per heavy atom. The molecule has 0 spiro atoms. The minimum atomic E-state index is -0.208. The summed E-state index contributed by atoms with van der Waals surface area (Å²) in [5.74, 6) is 0.238. The zero-order valence-corrected chi connectivity index (χ0v) is 8.49. The minimum absolute atomic E-state index is 0.208. The van der Waals surface area contributed by atoms with Gasteiger partial charge in [0.05, 0.1) is 6.10 Å². The molecule has 0 aliphatic carbocycles. The molecular weight excluding hydrogens is 166 g/mol. The number of nitrogens with zero attached hydrogens (tertiary/aromatic N) is 1. The smallest absolute Gasteiger partial charge is 0.222 e. The molecule has 2 unspecified atom stereocenters. The highest BCUT2D eigenvalue weighted by molar-refractivity contribution is 5.76. The summed E-state index contributed by atoms with van der Waals surface area (Å²) in [7, 11) is 0. The number of likely N-dealkylation sites (tertiary alicyclic amines) is 1. The number of rotatable bonds is 2. The maximum atomic E-state index is 11.6. The van der Waals surface area contributed by atoms with Crippen molar-refractivity contribution in [3.05, 3.63) is 0 Å². The molecule has 1 heterocycles. The molecule has 3 nitrogen and oxygen atoms in total. The largest absolute Gasteiger partial charge is 0.393 e. The van der Waals surface area contributed by atoms with Crippen LogP contribution in [0.3, 0.4) is 0 Å². The van der Waals surface area contributed by atoms with Gasteiger partial charge in [-0.2, -0.15) is 0 Å². The zero-order chi connectivity index (χ0) is 9.84. The quantitative estimate of drug-likeness (QED) is 0.701. The van der Waals surface area contributed by atoms with Crippen molar-refractivity contribution in [1.29, 1.82) is 0 Å². The summed E-state index contributed by atoms with van der Waals surface area (Å²) in [5, 5.41) is 9.37. The van der Waals surface area contributed by atoms with Gasteiger partial charge in [0.15, 0.2) is 0 Å². The van der Waals surface area contributed by atoms with Gasteiger partial charge in [0.2, 0.25) is 5.91 Å². The zero-order valence-electron chi connectivity index (χ0n) is 8.49. The summed E-state index contributed by atoms with van der Waals surface area (Å²) < 4.78 is 0. The van der Waals surface area contributed by atoms with Gasteiger partial charge in [0, 0.05) is 19.0 Å². The fourth-order valence-electron chi connectivity index (χ4n) is 1.88. The first-order chi connectivity index (χ1) is 6.15. The summed E-state index contributed by atoms with van der Waals surface area (Å²) in [6.07, 6.45) is 2.81. The molecule has 1 fully saturated rings. The minimum Gasteiger partial charge on any atom is -0.393 e. The lowest BCUT2D eigenvalue weighted by molar-refractivity contribution is -0.136. The normalized spacial score (nSPS) is 29.0. The average Bonchev–Trinajstić information content (AvgIpc) is 2.04.